The number of nitrogens with one attached hydrogen (secondary N) is 1. The maximum atomic E-state index is 11.6. The smallest absolute Gasteiger partial charge is 0.224 e. The van der Waals surface area contributed by atoms with E-state index in [4.69, 9.17) is 4.42 Å². The molecule has 21 heavy (non-hydrogen) atoms. The van der Waals surface area contributed by atoms with Gasteiger partial charge in [0.2, 0.25) is 5.91 Å². The molecule has 1 aromatic heterocycles. The SMILES string of the molecule is Cc1cc(C(O)c2ccc3c(c2)CCCC(=O)N3)c(C)o1. The molecule has 1 aliphatic heterocycles. The first-order chi connectivity index (χ1) is 10.0. The number of fused-ring (bicyclic) bond motifs is 1. The summed E-state index contributed by atoms with van der Waals surface area (Å²) in [5.41, 5.74) is 3.56. The Hall–Kier alpha value is -2.07. The Labute approximate surface area is 123 Å². The minimum absolute atomic E-state index is 0.0587. The van der Waals surface area contributed by atoms with Gasteiger partial charge in [0.15, 0.2) is 0 Å². The molecule has 1 aliphatic rings. The summed E-state index contributed by atoms with van der Waals surface area (Å²) in [4.78, 5) is 11.6. The Kier molecular flexibility index (Phi) is 3.55. The van der Waals surface area contributed by atoms with Crippen molar-refractivity contribution in [2.45, 2.75) is 39.2 Å². The second-order valence-corrected chi connectivity index (χ2v) is 5.59. The Morgan fingerprint density at radius 3 is 2.76 bits per heavy atom. The van der Waals surface area contributed by atoms with Gasteiger partial charge in [-0.25, -0.2) is 0 Å². The summed E-state index contributed by atoms with van der Waals surface area (Å²) in [6.07, 6.45) is 1.53. The van der Waals surface area contributed by atoms with Crippen LogP contribution in [0.25, 0.3) is 0 Å². The van der Waals surface area contributed by atoms with Crippen LogP contribution in [0.2, 0.25) is 0 Å². The van der Waals surface area contributed by atoms with Crippen molar-refractivity contribution in [3.8, 4) is 0 Å². The molecule has 1 amide bonds. The summed E-state index contributed by atoms with van der Waals surface area (Å²) >= 11 is 0. The van der Waals surface area contributed by atoms with Crippen molar-refractivity contribution in [2.24, 2.45) is 0 Å². The summed E-state index contributed by atoms with van der Waals surface area (Å²) in [7, 11) is 0. The number of anilines is 1. The van der Waals surface area contributed by atoms with Crippen LogP contribution < -0.4 is 5.32 Å². The number of hydrogen-bond donors (Lipinski definition) is 2. The van der Waals surface area contributed by atoms with E-state index in [0.717, 1.165) is 46.7 Å². The summed E-state index contributed by atoms with van der Waals surface area (Å²) in [5, 5.41) is 13.5. The third-order valence-corrected chi connectivity index (χ3v) is 3.94. The van der Waals surface area contributed by atoms with Gasteiger partial charge in [0, 0.05) is 17.7 Å². The van der Waals surface area contributed by atoms with Gasteiger partial charge in [-0.1, -0.05) is 12.1 Å². The molecule has 1 atom stereocenters. The first-order valence-electron chi connectivity index (χ1n) is 7.22. The molecular formula is C17H19NO3. The van der Waals surface area contributed by atoms with Crippen LogP contribution in [-0.2, 0) is 11.2 Å². The zero-order valence-electron chi connectivity index (χ0n) is 12.3. The average Bonchev–Trinajstić information content (AvgIpc) is 2.67. The number of carbonyl (C=O) groups excluding carboxylic acids is 1. The highest BCUT2D eigenvalue weighted by atomic mass is 16.3. The zero-order chi connectivity index (χ0) is 15.0. The van der Waals surface area contributed by atoms with Gasteiger partial charge in [-0.05, 0) is 49.9 Å². The zero-order valence-corrected chi connectivity index (χ0v) is 12.3. The third kappa shape index (κ3) is 2.72. The highest BCUT2D eigenvalue weighted by Crippen LogP contribution is 2.31. The van der Waals surface area contributed by atoms with Crippen LogP contribution in [0.5, 0.6) is 0 Å². The van der Waals surface area contributed by atoms with Crippen molar-refractivity contribution in [1.82, 2.24) is 0 Å². The average molecular weight is 285 g/mol. The van der Waals surface area contributed by atoms with Crippen molar-refractivity contribution in [2.75, 3.05) is 5.32 Å². The van der Waals surface area contributed by atoms with E-state index >= 15 is 0 Å². The Morgan fingerprint density at radius 1 is 1.24 bits per heavy atom. The minimum atomic E-state index is -0.702. The molecular weight excluding hydrogens is 266 g/mol. The van der Waals surface area contributed by atoms with Gasteiger partial charge in [-0.2, -0.15) is 0 Å². The number of rotatable bonds is 2. The lowest BCUT2D eigenvalue weighted by Gasteiger charge is -2.14. The first-order valence-corrected chi connectivity index (χ1v) is 7.22. The van der Waals surface area contributed by atoms with Crippen LogP contribution in [0, 0.1) is 13.8 Å². The van der Waals surface area contributed by atoms with Crippen molar-refractivity contribution in [3.05, 3.63) is 52.5 Å². The molecule has 4 heteroatoms. The van der Waals surface area contributed by atoms with Crippen LogP contribution in [0.1, 0.15) is 47.2 Å². The standard InChI is InChI=1S/C17H19NO3/c1-10-8-14(11(2)21-10)17(20)13-6-7-15-12(9-13)4-3-5-16(19)18-15/h6-9,17,20H,3-5H2,1-2H3,(H,18,19). The van der Waals surface area contributed by atoms with Gasteiger partial charge in [0.05, 0.1) is 0 Å². The number of hydrogen-bond acceptors (Lipinski definition) is 3. The fourth-order valence-electron chi connectivity index (χ4n) is 2.87. The van der Waals surface area contributed by atoms with Gasteiger partial charge in [-0.15, -0.1) is 0 Å². The molecule has 2 N–H and O–H groups in total. The van der Waals surface area contributed by atoms with E-state index < -0.39 is 6.10 Å². The fourth-order valence-corrected chi connectivity index (χ4v) is 2.87. The fraction of sp³-hybridized carbons (Fsp3) is 0.353. The van der Waals surface area contributed by atoms with Crippen molar-refractivity contribution in [3.63, 3.8) is 0 Å². The lowest BCUT2D eigenvalue weighted by Crippen LogP contribution is -2.09. The molecule has 110 valence electrons. The molecule has 0 aliphatic carbocycles. The van der Waals surface area contributed by atoms with Crippen LogP contribution >= 0.6 is 0 Å². The number of aliphatic hydroxyl groups excluding tert-OH is 1. The first kappa shape index (κ1) is 13.9. The molecule has 0 fully saturated rings. The maximum absolute atomic E-state index is 11.6. The third-order valence-electron chi connectivity index (χ3n) is 3.94. The summed E-state index contributed by atoms with van der Waals surface area (Å²) in [5.74, 6) is 1.59. The number of aryl methyl sites for hydroxylation is 3. The largest absolute Gasteiger partial charge is 0.466 e. The van der Waals surface area contributed by atoms with Gasteiger partial charge < -0.3 is 14.8 Å². The van der Waals surface area contributed by atoms with Gasteiger partial charge in [0.1, 0.15) is 17.6 Å². The Bertz CT molecular complexity index is 687. The molecule has 2 heterocycles. The highest BCUT2D eigenvalue weighted by molar-refractivity contribution is 5.92. The molecule has 1 unspecified atom stereocenters. The predicted molar refractivity (Wildman–Crippen MR) is 80.3 cm³/mol. The lowest BCUT2D eigenvalue weighted by molar-refractivity contribution is -0.116. The van der Waals surface area contributed by atoms with Crippen LogP contribution in [-0.4, -0.2) is 11.0 Å². The molecule has 0 saturated carbocycles. The maximum Gasteiger partial charge on any atom is 0.224 e. The van der Waals surface area contributed by atoms with E-state index in [0.29, 0.717) is 6.42 Å². The number of carbonyl (C=O) groups is 1. The quantitative estimate of drug-likeness (QED) is 0.890. The molecule has 1 aromatic carbocycles. The van der Waals surface area contributed by atoms with E-state index in [1.807, 2.05) is 38.1 Å². The minimum Gasteiger partial charge on any atom is -0.466 e. The van der Waals surface area contributed by atoms with Crippen LogP contribution in [0.15, 0.2) is 28.7 Å². The van der Waals surface area contributed by atoms with E-state index in [9.17, 15) is 9.90 Å². The number of furan rings is 1. The number of benzene rings is 1. The molecule has 0 radical (unpaired) electrons. The van der Waals surface area contributed by atoms with Gasteiger partial charge in [-0.3, -0.25) is 4.79 Å². The van der Waals surface area contributed by atoms with Crippen molar-refractivity contribution in [1.29, 1.82) is 0 Å². The molecule has 0 saturated heterocycles. The predicted octanol–water partition coefficient (Wildman–Crippen LogP) is 3.25. The second kappa shape index (κ2) is 5.37. The molecule has 2 aromatic rings. The molecule has 0 spiro atoms. The highest BCUT2D eigenvalue weighted by Gasteiger charge is 2.19. The number of aliphatic hydroxyl groups is 1. The van der Waals surface area contributed by atoms with E-state index in [1.54, 1.807) is 0 Å². The summed E-state index contributed by atoms with van der Waals surface area (Å²) in [6.45, 7) is 3.73. The second-order valence-electron chi connectivity index (χ2n) is 5.59. The monoisotopic (exact) mass is 285 g/mol. The topological polar surface area (TPSA) is 62.5 Å². The van der Waals surface area contributed by atoms with Crippen molar-refractivity contribution >= 4 is 11.6 Å². The van der Waals surface area contributed by atoms with Gasteiger partial charge in [0.25, 0.3) is 0 Å². The Morgan fingerprint density at radius 2 is 2.05 bits per heavy atom. The van der Waals surface area contributed by atoms with Crippen molar-refractivity contribution < 1.29 is 14.3 Å². The summed E-state index contributed by atoms with van der Waals surface area (Å²) < 4.78 is 5.49. The van der Waals surface area contributed by atoms with Crippen LogP contribution in [0.4, 0.5) is 5.69 Å². The molecule has 4 nitrogen and oxygen atoms in total. The molecule has 3 rings (SSSR count). The van der Waals surface area contributed by atoms with E-state index in [-0.39, 0.29) is 5.91 Å². The normalized spacial score (nSPS) is 16.0. The lowest BCUT2D eigenvalue weighted by atomic mass is 9.97. The van der Waals surface area contributed by atoms with Crippen LogP contribution in [0.3, 0.4) is 0 Å². The Balaban J connectivity index is 1.95. The summed E-state index contributed by atoms with van der Waals surface area (Å²) in [6, 6.07) is 7.58. The van der Waals surface area contributed by atoms with E-state index in [1.165, 1.54) is 0 Å². The van der Waals surface area contributed by atoms with E-state index in [2.05, 4.69) is 5.32 Å². The van der Waals surface area contributed by atoms with Gasteiger partial charge >= 0.3 is 0 Å². The molecule has 0 bridgehead atoms. The number of amides is 1.